The van der Waals surface area contributed by atoms with E-state index in [9.17, 15) is 0 Å². The molecule has 1 saturated heterocycles. The van der Waals surface area contributed by atoms with Gasteiger partial charge in [0.15, 0.2) is 0 Å². The molecule has 1 aromatic carbocycles. The van der Waals surface area contributed by atoms with Crippen LogP contribution in [-0.2, 0) is 0 Å². The molecule has 2 aliphatic rings. The standard InChI is InChI=1S/C17H25BrN2O.2ClH/c1-2-21-16-7-6-14(18)12-15(16)17(13-4-3-5-13)20-10-8-19-9-11-20;;/h6-7,12-13,17,19H,2-5,8-11H2,1H3;2*1H/t17-;;/m0../s1. The highest BCUT2D eigenvalue weighted by molar-refractivity contribution is 9.10. The van der Waals surface area contributed by atoms with Crippen LogP contribution < -0.4 is 10.1 Å². The summed E-state index contributed by atoms with van der Waals surface area (Å²) in [6.45, 7) is 7.27. The van der Waals surface area contributed by atoms with Crippen LogP contribution in [0.3, 0.4) is 0 Å². The minimum atomic E-state index is 0. The van der Waals surface area contributed by atoms with Gasteiger partial charge in [-0.05, 0) is 43.9 Å². The van der Waals surface area contributed by atoms with Gasteiger partial charge in [0, 0.05) is 42.3 Å². The van der Waals surface area contributed by atoms with Crippen molar-refractivity contribution in [1.29, 1.82) is 0 Å². The molecule has 3 rings (SSSR count). The Balaban J connectivity index is 0.00000132. The van der Waals surface area contributed by atoms with Crippen molar-refractivity contribution < 1.29 is 4.74 Å². The number of nitrogens with one attached hydrogen (secondary N) is 1. The van der Waals surface area contributed by atoms with Gasteiger partial charge in [-0.3, -0.25) is 4.90 Å². The topological polar surface area (TPSA) is 24.5 Å². The highest BCUT2D eigenvalue weighted by atomic mass is 79.9. The van der Waals surface area contributed by atoms with Gasteiger partial charge in [0.25, 0.3) is 0 Å². The predicted octanol–water partition coefficient (Wildman–Crippen LogP) is 4.44. The molecular weight excluding hydrogens is 399 g/mol. The van der Waals surface area contributed by atoms with Crippen LogP contribution in [-0.4, -0.2) is 37.7 Å². The van der Waals surface area contributed by atoms with Crippen molar-refractivity contribution in [2.24, 2.45) is 5.92 Å². The molecule has 1 saturated carbocycles. The van der Waals surface area contributed by atoms with Crippen molar-refractivity contribution in [3.63, 3.8) is 0 Å². The maximum atomic E-state index is 5.92. The number of nitrogens with zero attached hydrogens (tertiary/aromatic N) is 1. The van der Waals surface area contributed by atoms with E-state index < -0.39 is 0 Å². The third-order valence-electron chi connectivity index (χ3n) is 4.73. The van der Waals surface area contributed by atoms with Gasteiger partial charge in [0.1, 0.15) is 5.75 Å². The Hall–Kier alpha value is -0.000000000000000222. The van der Waals surface area contributed by atoms with Crippen LogP contribution in [0.25, 0.3) is 0 Å². The number of hydrogen-bond donors (Lipinski definition) is 1. The van der Waals surface area contributed by atoms with E-state index in [2.05, 4.69) is 51.3 Å². The Morgan fingerprint density at radius 1 is 1.26 bits per heavy atom. The summed E-state index contributed by atoms with van der Waals surface area (Å²) >= 11 is 3.64. The first-order valence-corrected chi connectivity index (χ1v) is 8.96. The number of halogens is 3. The number of piperazine rings is 1. The summed E-state index contributed by atoms with van der Waals surface area (Å²) < 4.78 is 7.07. The van der Waals surface area contributed by atoms with Gasteiger partial charge in [-0.25, -0.2) is 0 Å². The molecule has 0 aromatic heterocycles. The van der Waals surface area contributed by atoms with Crippen molar-refractivity contribution in [2.45, 2.75) is 32.2 Å². The Morgan fingerprint density at radius 2 is 1.96 bits per heavy atom. The van der Waals surface area contributed by atoms with E-state index in [0.717, 1.165) is 48.9 Å². The molecule has 1 heterocycles. The average molecular weight is 426 g/mol. The third kappa shape index (κ3) is 4.99. The van der Waals surface area contributed by atoms with E-state index in [1.54, 1.807) is 0 Å². The molecule has 1 aliphatic heterocycles. The highest BCUT2D eigenvalue weighted by Gasteiger charge is 2.35. The van der Waals surface area contributed by atoms with Crippen LogP contribution >= 0.6 is 40.7 Å². The van der Waals surface area contributed by atoms with Crippen LogP contribution in [0.15, 0.2) is 22.7 Å². The minimum absolute atomic E-state index is 0. The first-order valence-electron chi connectivity index (χ1n) is 8.16. The van der Waals surface area contributed by atoms with Crippen LogP contribution in [0.5, 0.6) is 5.75 Å². The average Bonchev–Trinajstić information content (AvgIpc) is 2.46. The lowest BCUT2D eigenvalue weighted by molar-refractivity contribution is 0.0813. The Labute approximate surface area is 160 Å². The van der Waals surface area contributed by atoms with Crippen molar-refractivity contribution in [3.05, 3.63) is 28.2 Å². The second kappa shape index (κ2) is 10.1. The zero-order valence-electron chi connectivity index (χ0n) is 13.6. The van der Waals surface area contributed by atoms with Gasteiger partial charge in [-0.1, -0.05) is 22.4 Å². The Morgan fingerprint density at radius 3 is 2.52 bits per heavy atom. The number of hydrogen-bond acceptors (Lipinski definition) is 3. The molecule has 0 amide bonds. The number of ether oxygens (including phenoxy) is 1. The van der Waals surface area contributed by atoms with E-state index in [1.807, 2.05) is 0 Å². The molecular formula is C17H27BrCl2N2O. The van der Waals surface area contributed by atoms with E-state index in [-0.39, 0.29) is 24.8 Å². The lowest BCUT2D eigenvalue weighted by atomic mass is 9.76. The van der Waals surface area contributed by atoms with Gasteiger partial charge in [0.05, 0.1) is 6.61 Å². The minimum Gasteiger partial charge on any atom is -0.494 e. The first kappa shape index (κ1) is 21.0. The number of benzene rings is 1. The smallest absolute Gasteiger partial charge is 0.124 e. The van der Waals surface area contributed by atoms with Gasteiger partial charge >= 0.3 is 0 Å². The summed E-state index contributed by atoms with van der Waals surface area (Å²) in [5.74, 6) is 1.85. The molecule has 0 bridgehead atoms. The molecule has 23 heavy (non-hydrogen) atoms. The van der Waals surface area contributed by atoms with Gasteiger partial charge in [-0.2, -0.15) is 0 Å². The highest BCUT2D eigenvalue weighted by Crippen LogP contribution is 2.45. The zero-order chi connectivity index (χ0) is 14.7. The quantitative estimate of drug-likeness (QED) is 0.754. The lowest BCUT2D eigenvalue weighted by Crippen LogP contribution is -2.47. The van der Waals surface area contributed by atoms with Crippen LogP contribution in [0.1, 0.15) is 37.8 Å². The molecule has 1 aromatic rings. The molecule has 2 fully saturated rings. The molecule has 1 atom stereocenters. The van der Waals surface area contributed by atoms with E-state index in [0.29, 0.717) is 6.04 Å². The zero-order valence-corrected chi connectivity index (χ0v) is 16.8. The van der Waals surface area contributed by atoms with E-state index >= 15 is 0 Å². The molecule has 132 valence electrons. The van der Waals surface area contributed by atoms with E-state index in [1.165, 1.54) is 24.8 Å². The molecule has 0 spiro atoms. The fourth-order valence-electron chi connectivity index (χ4n) is 3.50. The van der Waals surface area contributed by atoms with Crippen molar-refractivity contribution >= 4 is 40.7 Å². The Kier molecular flexibility index (Phi) is 9.24. The normalized spacial score (nSPS) is 19.9. The molecule has 0 unspecified atom stereocenters. The maximum Gasteiger partial charge on any atom is 0.124 e. The van der Waals surface area contributed by atoms with Gasteiger partial charge in [-0.15, -0.1) is 24.8 Å². The van der Waals surface area contributed by atoms with Crippen LogP contribution in [0.4, 0.5) is 0 Å². The second-order valence-electron chi connectivity index (χ2n) is 6.04. The first-order chi connectivity index (χ1) is 10.3. The fraction of sp³-hybridized carbons (Fsp3) is 0.647. The largest absolute Gasteiger partial charge is 0.494 e. The fourth-order valence-corrected chi connectivity index (χ4v) is 3.88. The molecule has 1 aliphatic carbocycles. The van der Waals surface area contributed by atoms with Crippen LogP contribution in [0, 0.1) is 5.92 Å². The SMILES string of the molecule is CCOc1ccc(Br)cc1[C@H](C1CCC1)N1CCNCC1.Cl.Cl. The number of rotatable bonds is 5. The molecule has 1 N–H and O–H groups in total. The van der Waals surface area contributed by atoms with Gasteiger partial charge in [0.2, 0.25) is 0 Å². The van der Waals surface area contributed by atoms with Crippen LogP contribution in [0.2, 0.25) is 0 Å². The summed E-state index contributed by atoms with van der Waals surface area (Å²) in [4.78, 5) is 2.66. The lowest BCUT2D eigenvalue weighted by Gasteiger charge is -2.43. The molecule has 6 heteroatoms. The molecule has 0 radical (unpaired) electrons. The van der Waals surface area contributed by atoms with Crippen molar-refractivity contribution in [2.75, 3.05) is 32.8 Å². The Bertz CT molecular complexity index is 480. The maximum absolute atomic E-state index is 5.92. The second-order valence-corrected chi connectivity index (χ2v) is 6.95. The summed E-state index contributed by atoms with van der Waals surface area (Å²) in [7, 11) is 0. The summed E-state index contributed by atoms with van der Waals surface area (Å²) in [6.07, 6.45) is 4.09. The third-order valence-corrected chi connectivity index (χ3v) is 5.22. The summed E-state index contributed by atoms with van der Waals surface area (Å²) in [5.41, 5.74) is 1.37. The summed E-state index contributed by atoms with van der Waals surface area (Å²) in [5, 5.41) is 3.46. The van der Waals surface area contributed by atoms with Gasteiger partial charge < -0.3 is 10.1 Å². The van der Waals surface area contributed by atoms with E-state index in [4.69, 9.17) is 4.74 Å². The van der Waals surface area contributed by atoms with Crippen molar-refractivity contribution in [3.8, 4) is 5.75 Å². The van der Waals surface area contributed by atoms with Crippen molar-refractivity contribution in [1.82, 2.24) is 10.2 Å². The monoisotopic (exact) mass is 424 g/mol. The molecule has 3 nitrogen and oxygen atoms in total. The predicted molar refractivity (Wildman–Crippen MR) is 104 cm³/mol. The summed E-state index contributed by atoms with van der Waals surface area (Å²) in [6, 6.07) is 7.00.